The number of alkyl halides is 2. The Morgan fingerprint density at radius 3 is 2.62 bits per heavy atom. The van der Waals surface area contributed by atoms with Crippen LogP contribution < -0.4 is 10.2 Å². The number of halogens is 4. The predicted molar refractivity (Wildman–Crippen MR) is 150 cm³/mol. The topological polar surface area (TPSA) is 111 Å². The maximum atomic E-state index is 14.7. The molecule has 1 aliphatic rings. The summed E-state index contributed by atoms with van der Waals surface area (Å²) in [4.78, 5) is 32.3. The highest BCUT2D eigenvalue weighted by atomic mass is 35.5. The van der Waals surface area contributed by atoms with Crippen LogP contribution in [0.3, 0.4) is 0 Å². The smallest absolute Gasteiger partial charge is 0.275 e. The van der Waals surface area contributed by atoms with E-state index in [4.69, 9.17) is 21.3 Å². The second-order valence-electron chi connectivity index (χ2n) is 10.7. The molecule has 1 amide bonds. The Morgan fingerprint density at radius 2 is 1.93 bits per heavy atom. The number of rotatable bonds is 9. The maximum absolute atomic E-state index is 14.7. The van der Waals surface area contributed by atoms with E-state index in [9.17, 15) is 18.0 Å². The number of nitrogens with zero attached hydrogens (tertiary/aromatic N) is 7. The average Bonchev–Trinajstić information content (AvgIpc) is 3.35. The Hall–Kier alpha value is -4.10. The Labute approximate surface area is 244 Å². The molecule has 0 saturated carbocycles. The molecule has 0 spiro atoms. The van der Waals surface area contributed by atoms with Gasteiger partial charge in [0.2, 0.25) is 5.95 Å². The number of nitrogens with one attached hydrogen (secondary N) is 1. The molecule has 1 N–H and O–H groups in total. The zero-order valence-electron chi connectivity index (χ0n) is 23.1. The summed E-state index contributed by atoms with van der Waals surface area (Å²) in [5.74, 6) is -1.10. The first kappa shape index (κ1) is 29.4. The molecule has 220 valence electrons. The van der Waals surface area contributed by atoms with Crippen LogP contribution in [0.4, 0.5) is 24.8 Å². The van der Waals surface area contributed by atoms with Crippen molar-refractivity contribution in [3.63, 3.8) is 0 Å². The van der Waals surface area contributed by atoms with Gasteiger partial charge in [0.15, 0.2) is 5.82 Å². The van der Waals surface area contributed by atoms with Gasteiger partial charge in [0.05, 0.1) is 59.4 Å². The molecule has 0 atom stereocenters. The van der Waals surface area contributed by atoms with Gasteiger partial charge >= 0.3 is 0 Å². The van der Waals surface area contributed by atoms with Gasteiger partial charge in [-0.05, 0) is 33.3 Å². The molecule has 1 aromatic carbocycles. The van der Waals surface area contributed by atoms with E-state index in [-0.39, 0.29) is 22.0 Å². The number of ether oxygens (including phenoxy) is 1. The number of anilines is 2. The fourth-order valence-corrected chi connectivity index (χ4v) is 4.29. The highest BCUT2D eigenvalue weighted by molar-refractivity contribution is 6.31. The van der Waals surface area contributed by atoms with E-state index < -0.39 is 29.3 Å². The molecular weight excluding hydrogens is 573 g/mol. The van der Waals surface area contributed by atoms with Gasteiger partial charge in [-0.15, -0.1) is 0 Å². The molecule has 14 heteroatoms. The van der Waals surface area contributed by atoms with Crippen LogP contribution in [-0.2, 0) is 17.9 Å². The third-order valence-electron chi connectivity index (χ3n) is 6.43. The fourth-order valence-electron chi connectivity index (χ4n) is 4.13. The van der Waals surface area contributed by atoms with Crippen LogP contribution in [0.25, 0.3) is 11.3 Å². The number of carbonyl (C=O) groups is 1. The van der Waals surface area contributed by atoms with Gasteiger partial charge in [-0.3, -0.25) is 14.5 Å². The zero-order valence-corrected chi connectivity index (χ0v) is 23.9. The van der Waals surface area contributed by atoms with Crippen molar-refractivity contribution in [1.29, 1.82) is 0 Å². The lowest BCUT2D eigenvalue weighted by Crippen LogP contribution is -2.38. The van der Waals surface area contributed by atoms with Crippen LogP contribution in [0.5, 0.6) is 0 Å². The normalized spacial score (nSPS) is 13.4. The predicted octanol–water partition coefficient (Wildman–Crippen LogP) is 5.69. The summed E-state index contributed by atoms with van der Waals surface area (Å²) in [6.45, 7) is 8.34. The Morgan fingerprint density at radius 1 is 1.14 bits per heavy atom. The largest absolute Gasteiger partial charge is 0.370 e. The Kier molecular flexibility index (Phi) is 8.41. The summed E-state index contributed by atoms with van der Waals surface area (Å²) in [6.07, 6.45) is 5.16. The Bertz CT molecular complexity index is 1600. The van der Waals surface area contributed by atoms with Gasteiger partial charge in [-0.1, -0.05) is 17.7 Å². The first-order valence-electron chi connectivity index (χ1n) is 13.1. The Balaban J connectivity index is 1.33. The van der Waals surface area contributed by atoms with Crippen molar-refractivity contribution < 1.29 is 22.7 Å². The number of aromatic nitrogens is 6. The van der Waals surface area contributed by atoms with Gasteiger partial charge in [-0.25, -0.2) is 28.1 Å². The van der Waals surface area contributed by atoms with Crippen LogP contribution >= 0.6 is 11.6 Å². The van der Waals surface area contributed by atoms with E-state index in [2.05, 4.69) is 30.3 Å². The van der Waals surface area contributed by atoms with Gasteiger partial charge in [0.25, 0.3) is 12.3 Å². The molecule has 1 saturated heterocycles. The lowest BCUT2D eigenvalue weighted by molar-refractivity contribution is -0.0168. The zero-order chi connectivity index (χ0) is 30.0. The summed E-state index contributed by atoms with van der Waals surface area (Å²) in [5, 5.41) is 6.62. The molecule has 0 aliphatic carbocycles. The summed E-state index contributed by atoms with van der Waals surface area (Å²) in [5.41, 5.74) is -0.0490. The maximum Gasteiger partial charge on any atom is 0.275 e. The molecule has 0 radical (unpaired) electrons. The molecule has 4 aromatic rings. The van der Waals surface area contributed by atoms with Crippen LogP contribution in [0.15, 0.2) is 43.1 Å². The number of benzene rings is 1. The molecule has 0 unspecified atom stereocenters. The average molecular weight is 601 g/mol. The molecule has 4 heterocycles. The van der Waals surface area contributed by atoms with E-state index in [0.717, 1.165) is 55.3 Å². The van der Waals surface area contributed by atoms with E-state index in [1.165, 1.54) is 6.20 Å². The molecule has 0 bridgehead atoms. The second kappa shape index (κ2) is 12.0. The van der Waals surface area contributed by atoms with Crippen LogP contribution in [0.1, 0.15) is 60.9 Å². The van der Waals surface area contributed by atoms with Gasteiger partial charge in [-0.2, -0.15) is 5.10 Å². The summed E-state index contributed by atoms with van der Waals surface area (Å²) in [7, 11) is 0. The van der Waals surface area contributed by atoms with E-state index >= 15 is 0 Å². The van der Waals surface area contributed by atoms with E-state index in [1.54, 1.807) is 17.1 Å². The fraction of sp³-hybridized carbons (Fsp3) is 0.357. The minimum absolute atomic E-state index is 0.212. The molecular formula is C28H28ClF3N8O2. The number of carbonyl (C=O) groups excluding carboxylic acids is 1. The van der Waals surface area contributed by atoms with Crippen molar-refractivity contribution in [1.82, 2.24) is 29.7 Å². The van der Waals surface area contributed by atoms with E-state index in [1.807, 2.05) is 20.8 Å². The van der Waals surface area contributed by atoms with Crippen molar-refractivity contribution >= 4 is 29.1 Å². The van der Waals surface area contributed by atoms with Crippen molar-refractivity contribution in [2.75, 3.05) is 23.3 Å². The lowest BCUT2D eigenvalue weighted by Gasteiger charge is -2.31. The standard InChI is InChI=1S/C28H28ClF3N8O2/c1-28(2,3)42-15-22-16(9-34-27(38-22)39-7-4-8-39)13-40-14-17(10-35-40)36-26(41)21-12-33-11-20(37-21)23-18(25(31)32)5-6-19(29)24(23)30/h5-6,9-12,14,25H,4,7-8,13,15H2,1-3H3,(H,36,41). The SMILES string of the molecule is CC(C)(C)OCc1nc(N2CCC2)ncc1Cn1cc(NC(=O)c2cncc(-c3c(C(F)F)ccc(Cl)c3F)n2)cn1. The molecule has 1 aliphatic heterocycles. The highest BCUT2D eigenvalue weighted by Crippen LogP contribution is 2.35. The molecule has 5 rings (SSSR count). The molecule has 42 heavy (non-hydrogen) atoms. The third-order valence-corrected chi connectivity index (χ3v) is 6.72. The summed E-state index contributed by atoms with van der Waals surface area (Å²) in [6, 6.07) is 2.05. The first-order chi connectivity index (χ1) is 20.0. The molecule has 1 fully saturated rings. The van der Waals surface area contributed by atoms with Crippen LogP contribution in [0.2, 0.25) is 5.02 Å². The van der Waals surface area contributed by atoms with Crippen LogP contribution in [0, 0.1) is 5.82 Å². The monoisotopic (exact) mass is 600 g/mol. The number of amides is 1. The van der Waals surface area contributed by atoms with Crippen molar-refractivity contribution in [2.45, 2.75) is 52.4 Å². The first-order valence-corrected chi connectivity index (χ1v) is 13.5. The molecule has 10 nitrogen and oxygen atoms in total. The number of hydrogen-bond donors (Lipinski definition) is 1. The number of hydrogen-bond acceptors (Lipinski definition) is 8. The second-order valence-corrected chi connectivity index (χ2v) is 11.1. The van der Waals surface area contributed by atoms with Crippen molar-refractivity contribution in [2.24, 2.45) is 0 Å². The van der Waals surface area contributed by atoms with Gasteiger partial charge < -0.3 is 15.0 Å². The lowest BCUT2D eigenvalue weighted by atomic mass is 10.0. The van der Waals surface area contributed by atoms with Crippen molar-refractivity contribution in [3.05, 3.63) is 76.5 Å². The van der Waals surface area contributed by atoms with Gasteiger partial charge in [0, 0.05) is 42.2 Å². The summed E-state index contributed by atoms with van der Waals surface area (Å²) >= 11 is 5.81. The third kappa shape index (κ3) is 6.68. The summed E-state index contributed by atoms with van der Waals surface area (Å²) < 4.78 is 49.4. The quantitative estimate of drug-likeness (QED) is 0.261. The minimum Gasteiger partial charge on any atom is -0.370 e. The van der Waals surface area contributed by atoms with Gasteiger partial charge in [0.1, 0.15) is 5.69 Å². The minimum atomic E-state index is -2.99. The highest BCUT2D eigenvalue weighted by Gasteiger charge is 2.23. The van der Waals surface area contributed by atoms with E-state index in [0.29, 0.717) is 24.8 Å². The molecule has 3 aromatic heterocycles. The van der Waals surface area contributed by atoms with Crippen LogP contribution in [-0.4, -0.2) is 54.3 Å². The van der Waals surface area contributed by atoms with Crippen molar-refractivity contribution in [3.8, 4) is 11.3 Å².